The molecule has 0 amide bonds. The van der Waals surface area contributed by atoms with Crippen LogP contribution in [0, 0.1) is 20.8 Å². The minimum atomic E-state index is 0.488. The molecule has 3 nitrogen and oxygen atoms in total. The highest BCUT2D eigenvalue weighted by Crippen LogP contribution is 2.28. The van der Waals surface area contributed by atoms with E-state index in [9.17, 15) is 0 Å². The van der Waals surface area contributed by atoms with E-state index >= 15 is 0 Å². The van der Waals surface area contributed by atoms with Crippen LogP contribution < -0.4 is 5.73 Å². The Hall–Kier alpha value is -1.61. The fourth-order valence-corrected chi connectivity index (χ4v) is 1.95. The summed E-state index contributed by atoms with van der Waals surface area (Å²) in [6.07, 6.45) is 1.85. The molecule has 0 radical (unpaired) electrons. The first-order valence-corrected chi connectivity index (χ1v) is 5.44. The fraction of sp³-hybridized carbons (Fsp3) is 0.308. The normalized spacial score (nSPS) is 10.8. The summed E-state index contributed by atoms with van der Waals surface area (Å²) < 4.78 is 0. The summed E-state index contributed by atoms with van der Waals surface area (Å²) >= 11 is 0. The number of nitrogens with one attached hydrogen (secondary N) is 1. The van der Waals surface area contributed by atoms with E-state index in [2.05, 4.69) is 43.1 Å². The molecule has 0 saturated carbocycles. The highest BCUT2D eigenvalue weighted by atomic mass is 15.1. The van der Waals surface area contributed by atoms with Crippen LogP contribution in [0.2, 0.25) is 0 Å². The van der Waals surface area contributed by atoms with E-state index in [1.807, 2.05) is 6.20 Å². The Morgan fingerprint density at radius 1 is 1.12 bits per heavy atom. The third-order valence-corrected chi connectivity index (χ3v) is 3.27. The topological polar surface area (TPSA) is 54.7 Å². The number of H-pyrrole nitrogens is 1. The van der Waals surface area contributed by atoms with Crippen LogP contribution in [0.15, 0.2) is 18.3 Å². The van der Waals surface area contributed by atoms with Gasteiger partial charge in [0, 0.05) is 12.1 Å². The van der Waals surface area contributed by atoms with Crippen LogP contribution >= 0.6 is 0 Å². The van der Waals surface area contributed by atoms with Crippen LogP contribution in [-0.2, 0) is 6.54 Å². The summed E-state index contributed by atoms with van der Waals surface area (Å²) in [5.74, 6) is 0. The number of aromatic nitrogens is 2. The van der Waals surface area contributed by atoms with E-state index in [-0.39, 0.29) is 0 Å². The molecule has 0 unspecified atom stereocenters. The first kappa shape index (κ1) is 10.9. The number of hydrogen-bond donors (Lipinski definition) is 2. The molecule has 0 spiro atoms. The van der Waals surface area contributed by atoms with E-state index in [0.717, 1.165) is 11.3 Å². The quantitative estimate of drug-likeness (QED) is 0.808. The molecule has 0 aliphatic heterocycles. The van der Waals surface area contributed by atoms with Crippen molar-refractivity contribution in [3.8, 4) is 11.1 Å². The molecule has 0 bridgehead atoms. The Morgan fingerprint density at radius 2 is 1.88 bits per heavy atom. The van der Waals surface area contributed by atoms with Crippen molar-refractivity contribution in [2.24, 2.45) is 5.73 Å². The molecule has 1 heterocycles. The third-order valence-electron chi connectivity index (χ3n) is 3.27. The Labute approximate surface area is 95.7 Å². The predicted octanol–water partition coefficient (Wildman–Crippen LogP) is 2.46. The molecular weight excluding hydrogens is 198 g/mol. The second kappa shape index (κ2) is 4.10. The summed E-state index contributed by atoms with van der Waals surface area (Å²) in [4.78, 5) is 0. The lowest BCUT2D eigenvalue weighted by molar-refractivity contribution is 0.948. The van der Waals surface area contributed by atoms with Gasteiger partial charge >= 0.3 is 0 Å². The SMILES string of the molecule is Cc1ccc(-c2cn[nH]c2CN)c(C)c1C. The smallest absolute Gasteiger partial charge is 0.0569 e. The summed E-state index contributed by atoms with van der Waals surface area (Å²) in [7, 11) is 0. The second-order valence-corrected chi connectivity index (χ2v) is 4.15. The number of benzene rings is 1. The lowest BCUT2D eigenvalue weighted by Gasteiger charge is -2.11. The predicted molar refractivity (Wildman–Crippen MR) is 66.1 cm³/mol. The molecule has 3 N–H and O–H groups in total. The van der Waals surface area contributed by atoms with Crippen LogP contribution in [0.4, 0.5) is 0 Å². The van der Waals surface area contributed by atoms with Crippen molar-refractivity contribution in [1.82, 2.24) is 10.2 Å². The maximum absolute atomic E-state index is 5.68. The van der Waals surface area contributed by atoms with Gasteiger partial charge in [-0.15, -0.1) is 0 Å². The van der Waals surface area contributed by atoms with Crippen molar-refractivity contribution in [3.63, 3.8) is 0 Å². The van der Waals surface area contributed by atoms with Crippen LogP contribution in [0.3, 0.4) is 0 Å². The summed E-state index contributed by atoms with van der Waals surface area (Å²) in [6, 6.07) is 4.28. The molecule has 16 heavy (non-hydrogen) atoms. The zero-order valence-electron chi connectivity index (χ0n) is 9.96. The monoisotopic (exact) mass is 215 g/mol. The van der Waals surface area contributed by atoms with Gasteiger partial charge in [0.1, 0.15) is 0 Å². The first-order valence-electron chi connectivity index (χ1n) is 5.44. The molecule has 84 valence electrons. The maximum Gasteiger partial charge on any atom is 0.0569 e. The number of nitrogens with two attached hydrogens (primary N) is 1. The summed E-state index contributed by atoms with van der Waals surface area (Å²) in [6.45, 7) is 6.91. The van der Waals surface area contributed by atoms with E-state index in [1.54, 1.807) is 0 Å². The van der Waals surface area contributed by atoms with E-state index in [0.29, 0.717) is 6.54 Å². The zero-order chi connectivity index (χ0) is 11.7. The maximum atomic E-state index is 5.68. The number of hydrogen-bond acceptors (Lipinski definition) is 2. The molecule has 0 saturated heterocycles. The lowest BCUT2D eigenvalue weighted by atomic mass is 9.94. The van der Waals surface area contributed by atoms with Gasteiger partial charge in [0.2, 0.25) is 0 Å². The Morgan fingerprint density at radius 3 is 2.56 bits per heavy atom. The average molecular weight is 215 g/mol. The Bertz CT molecular complexity index is 512. The molecule has 0 aliphatic rings. The van der Waals surface area contributed by atoms with Crippen molar-refractivity contribution >= 4 is 0 Å². The largest absolute Gasteiger partial charge is 0.325 e. The van der Waals surface area contributed by atoms with Gasteiger partial charge in [-0.25, -0.2) is 0 Å². The number of nitrogens with zero attached hydrogens (tertiary/aromatic N) is 1. The van der Waals surface area contributed by atoms with Gasteiger partial charge < -0.3 is 5.73 Å². The summed E-state index contributed by atoms with van der Waals surface area (Å²) in [5.41, 5.74) is 13.0. The molecule has 2 rings (SSSR count). The van der Waals surface area contributed by atoms with Crippen molar-refractivity contribution in [3.05, 3.63) is 40.7 Å². The highest BCUT2D eigenvalue weighted by molar-refractivity contribution is 5.70. The molecule has 0 atom stereocenters. The third kappa shape index (κ3) is 1.63. The minimum absolute atomic E-state index is 0.488. The minimum Gasteiger partial charge on any atom is -0.325 e. The second-order valence-electron chi connectivity index (χ2n) is 4.15. The van der Waals surface area contributed by atoms with Crippen LogP contribution in [0.5, 0.6) is 0 Å². The molecular formula is C13H17N3. The van der Waals surface area contributed by atoms with Gasteiger partial charge in [-0.3, -0.25) is 5.10 Å². The van der Waals surface area contributed by atoms with Crippen molar-refractivity contribution in [1.29, 1.82) is 0 Å². The van der Waals surface area contributed by atoms with Gasteiger partial charge in [-0.05, 0) is 43.0 Å². The fourth-order valence-electron chi connectivity index (χ4n) is 1.95. The van der Waals surface area contributed by atoms with Crippen molar-refractivity contribution in [2.45, 2.75) is 27.3 Å². The number of aryl methyl sites for hydroxylation is 1. The van der Waals surface area contributed by atoms with E-state index in [1.165, 1.54) is 22.3 Å². The summed E-state index contributed by atoms with van der Waals surface area (Å²) in [5, 5.41) is 7.00. The average Bonchev–Trinajstić information content (AvgIpc) is 2.74. The highest BCUT2D eigenvalue weighted by Gasteiger charge is 2.10. The van der Waals surface area contributed by atoms with Gasteiger partial charge in [0.15, 0.2) is 0 Å². The van der Waals surface area contributed by atoms with Crippen molar-refractivity contribution in [2.75, 3.05) is 0 Å². The Balaban J connectivity index is 2.61. The zero-order valence-corrected chi connectivity index (χ0v) is 9.96. The van der Waals surface area contributed by atoms with Gasteiger partial charge in [0.05, 0.1) is 11.9 Å². The molecule has 3 heteroatoms. The van der Waals surface area contributed by atoms with Gasteiger partial charge in [-0.2, -0.15) is 5.10 Å². The first-order chi connectivity index (χ1) is 7.65. The molecule has 0 aliphatic carbocycles. The Kier molecular flexibility index (Phi) is 2.79. The number of aromatic amines is 1. The van der Waals surface area contributed by atoms with E-state index < -0.39 is 0 Å². The van der Waals surface area contributed by atoms with Gasteiger partial charge in [0.25, 0.3) is 0 Å². The standard InChI is InChI=1S/C13H17N3/c1-8-4-5-11(10(3)9(8)2)12-7-15-16-13(12)6-14/h4-5,7H,6,14H2,1-3H3,(H,15,16). The molecule has 1 aromatic carbocycles. The molecule has 2 aromatic rings. The molecule has 1 aromatic heterocycles. The number of rotatable bonds is 2. The molecule has 0 fully saturated rings. The van der Waals surface area contributed by atoms with Crippen LogP contribution in [0.1, 0.15) is 22.4 Å². The van der Waals surface area contributed by atoms with Gasteiger partial charge in [-0.1, -0.05) is 12.1 Å². The van der Waals surface area contributed by atoms with Crippen LogP contribution in [-0.4, -0.2) is 10.2 Å². The van der Waals surface area contributed by atoms with E-state index in [4.69, 9.17) is 5.73 Å². The van der Waals surface area contributed by atoms with Crippen LogP contribution in [0.25, 0.3) is 11.1 Å². The van der Waals surface area contributed by atoms with Crippen molar-refractivity contribution < 1.29 is 0 Å². The lowest BCUT2D eigenvalue weighted by Crippen LogP contribution is -1.99.